The van der Waals surface area contributed by atoms with Crippen molar-refractivity contribution in [3.8, 4) is 0 Å². The monoisotopic (exact) mass is 356 g/mol. The Balaban J connectivity index is 1.82. The number of fused-ring (bicyclic) bond motifs is 2. The molecule has 4 rings (SSSR count). The molecule has 0 saturated carbocycles. The highest BCUT2D eigenvalue weighted by molar-refractivity contribution is 7.85. The summed E-state index contributed by atoms with van der Waals surface area (Å²) in [6.45, 7) is 3.37. The van der Waals surface area contributed by atoms with Gasteiger partial charge in [-0.05, 0) is 36.8 Å². The number of nitrogens with one attached hydrogen (secondary N) is 1. The average molecular weight is 357 g/mol. The van der Waals surface area contributed by atoms with Crippen LogP contribution in [-0.4, -0.2) is 15.7 Å². The molecule has 0 fully saturated rings. The van der Waals surface area contributed by atoms with Crippen LogP contribution in [0.1, 0.15) is 22.1 Å². The third kappa shape index (κ3) is 2.75. The van der Waals surface area contributed by atoms with Gasteiger partial charge in [-0.15, -0.1) is 0 Å². The van der Waals surface area contributed by atoms with Crippen LogP contribution in [0.3, 0.4) is 0 Å². The molecule has 122 valence electrons. The van der Waals surface area contributed by atoms with Crippen molar-refractivity contribution in [3.05, 3.63) is 70.4 Å². The Morgan fingerprint density at radius 2 is 2.04 bits per heavy atom. The minimum Gasteiger partial charge on any atom is -0.311 e. The molecule has 1 aliphatic heterocycles. The number of pyridine rings is 1. The van der Waals surface area contributed by atoms with E-state index in [1.54, 1.807) is 0 Å². The van der Waals surface area contributed by atoms with Crippen LogP contribution in [0.2, 0.25) is 5.02 Å². The van der Waals surface area contributed by atoms with E-state index in [9.17, 15) is 4.21 Å². The molecule has 24 heavy (non-hydrogen) atoms. The van der Waals surface area contributed by atoms with Crippen molar-refractivity contribution in [2.75, 3.05) is 6.54 Å². The van der Waals surface area contributed by atoms with Gasteiger partial charge in [0.05, 0.1) is 32.3 Å². The minimum absolute atomic E-state index is 0.211. The second-order valence-electron chi connectivity index (χ2n) is 6.07. The van der Waals surface area contributed by atoms with Crippen molar-refractivity contribution < 1.29 is 4.21 Å². The normalized spacial score (nSPS) is 20.6. The maximum Gasteiger partial charge on any atom is 0.0941 e. The summed E-state index contributed by atoms with van der Waals surface area (Å²) < 4.78 is 13.1. The summed E-state index contributed by atoms with van der Waals surface area (Å²) in [6.07, 6.45) is 0. The van der Waals surface area contributed by atoms with E-state index in [0.29, 0.717) is 11.6 Å². The summed E-state index contributed by atoms with van der Waals surface area (Å²) in [5.74, 6) is 0. The molecule has 5 heteroatoms. The van der Waals surface area contributed by atoms with Crippen molar-refractivity contribution >= 4 is 33.3 Å². The van der Waals surface area contributed by atoms with Crippen LogP contribution in [0.25, 0.3) is 10.9 Å². The van der Waals surface area contributed by atoms with Gasteiger partial charge in [-0.2, -0.15) is 0 Å². The van der Waals surface area contributed by atoms with Crippen LogP contribution in [0.4, 0.5) is 0 Å². The van der Waals surface area contributed by atoms with Gasteiger partial charge in [-0.25, -0.2) is 0 Å². The van der Waals surface area contributed by atoms with E-state index in [1.165, 1.54) is 0 Å². The summed E-state index contributed by atoms with van der Waals surface area (Å²) in [6, 6.07) is 15.8. The Morgan fingerprint density at radius 3 is 2.92 bits per heavy atom. The van der Waals surface area contributed by atoms with Crippen molar-refractivity contribution in [1.82, 2.24) is 10.3 Å². The molecule has 1 aromatic heterocycles. The van der Waals surface area contributed by atoms with Crippen LogP contribution < -0.4 is 5.32 Å². The maximum absolute atomic E-state index is 13.1. The second kappa shape index (κ2) is 6.28. The van der Waals surface area contributed by atoms with Crippen LogP contribution in [-0.2, 0) is 17.3 Å². The summed E-state index contributed by atoms with van der Waals surface area (Å²) >= 11 is 6.48. The van der Waals surface area contributed by atoms with Gasteiger partial charge in [0.15, 0.2) is 0 Å². The number of benzene rings is 2. The Labute approximate surface area is 148 Å². The lowest BCUT2D eigenvalue weighted by molar-refractivity contribution is 0.649. The number of aromatic nitrogens is 1. The van der Waals surface area contributed by atoms with Crippen LogP contribution in [0.15, 0.2) is 53.4 Å². The molecule has 0 bridgehead atoms. The van der Waals surface area contributed by atoms with E-state index in [2.05, 4.69) is 5.32 Å². The number of rotatable bonds is 1. The first-order valence-electron chi connectivity index (χ1n) is 7.89. The first kappa shape index (κ1) is 15.8. The van der Waals surface area contributed by atoms with Gasteiger partial charge in [0.25, 0.3) is 0 Å². The number of nitrogens with zero attached hydrogens (tertiary/aromatic N) is 1. The fraction of sp³-hybridized carbons (Fsp3) is 0.211. The molecule has 2 heterocycles. The summed E-state index contributed by atoms with van der Waals surface area (Å²) in [7, 11) is -1.16. The predicted octanol–water partition coefficient (Wildman–Crippen LogP) is 4.15. The van der Waals surface area contributed by atoms with E-state index in [1.807, 2.05) is 55.5 Å². The van der Waals surface area contributed by atoms with Gasteiger partial charge < -0.3 is 5.32 Å². The van der Waals surface area contributed by atoms with E-state index in [-0.39, 0.29) is 5.25 Å². The summed E-state index contributed by atoms with van der Waals surface area (Å²) in [5, 5.41) is 4.77. The smallest absolute Gasteiger partial charge is 0.0941 e. The molecule has 0 saturated heterocycles. The van der Waals surface area contributed by atoms with Gasteiger partial charge in [-0.3, -0.25) is 9.19 Å². The molecule has 1 aliphatic rings. The van der Waals surface area contributed by atoms with Gasteiger partial charge in [0.2, 0.25) is 0 Å². The number of hydrogen-bond donors (Lipinski definition) is 1. The molecule has 2 atom stereocenters. The zero-order valence-electron chi connectivity index (χ0n) is 13.3. The fourth-order valence-electron chi connectivity index (χ4n) is 3.11. The lowest BCUT2D eigenvalue weighted by Crippen LogP contribution is -2.21. The quantitative estimate of drug-likeness (QED) is 0.712. The standard InChI is InChI=1S/C19H17ClN2OS/c1-12-6-7-16-14(8-12)15(20)9-17(22-16)19-11-21-10-13-4-2-3-5-18(13)24(19)23/h2-9,19,21H,10-11H2,1H3. The van der Waals surface area contributed by atoms with E-state index in [0.717, 1.165) is 39.2 Å². The van der Waals surface area contributed by atoms with Gasteiger partial charge in [0.1, 0.15) is 0 Å². The Bertz CT molecular complexity index is 957. The van der Waals surface area contributed by atoms with Crippen molar-refractivity contribution in [2.24, 2.45) is 0 Å². The molecular formula is C19H17ClN2OS. The highest BCUT2D eigenvalue weighted by Crippen LogP contribution is 2.32. The highest BCUT2D eigenvalue weighted by atomic mass is 35.5. The largest absolute Gasteiger partial charge is 0.311 e. The van der Waals surface area contributed by atoms with E-state index in [4.69, 9.17) is 16.6 Å². The van der Waals surface area contributed by atoms with Gasteiger partial charge >= 0.3 is 0 Å². The van der Waals surface area contributed by atoms with Gasteiger partial charge in [-0.1, -0.05) is 41.4 Å². The molecule has 0 spiro atoms. The molecule has 0 radical (unpaired) electrons. The number of aryl methyl sites for hydroxylation is 1. The average Bonchev–Trinajstić information content (AvgIpc) is 2.75. The van der Waals surface area contributed by atoms with Crippen LogP contribution in [0, 0.1) is 6.92 Å². The third-order valence-electron chi connectivity index (χ3n) is 4.36. The topological polar surface area (TPSA) is 42.0 Å². The van der Waals surface area contributed by atoms with Crippen LogP contribution in [0.5, 0.6) is 0 Å². The summed E-state index contributed by atoms with van der Waals surface area (Å²) in [4.78, 5) is 5.63. The Hall–Kier alpha value is -1.75. The van der Waals surface area contributed by atoms with Crippen molar-refractivity contribution in [3.63, 3.8) is 0 Å². The van der Waals surface area contributed by atoms with Crippen molar-refractivity contribution in [2.45, 2.75) is 23.6 Å². The molecule has 2 aromatic carbocycles. The lowest BCUT2D eigenvalue weighted by atomic mass is 10.1. The Morgan fingerprint density at radius 1 is 1.21 bits per heavy atom. The molecule has 2 unspecified atom stereocenters. The summed E-state index contributed by atoms with van der Waals surface area (Å²) in [5.41, 5.74) is 3.85. The number of hydrogen-bond acceptors (Lipinski definition) is 3. The Kier molecular flexibility index (Phi) is 4.12. The fourth-order valence-corrected chi connectivity index (χ4v) is 4.90. The van der Waals surface area contributed by atoms with E-state index < -0.39 is 10.8 Å². The number of halogens is 1. The zero-order chi connectivity index (χ0) is 16.7. The van der Waals surface area contributed by atoms with Crippen LogP contribution >= 0.6 is 11.6 Å². The third-order valence-corrected chi connectivity index (χ3v) is 6.43. The van der Waals surface area contributed by atoms with Crippen molar-refractivity contribution in [1.29, 1.82) is 0 Å². The minimum atomic E-state index is -1.16. The maximum atomic E-state index is 13.1. The van der Waals surface area contributed by atoms with Gasteiger partial charge in [0, 0.05) is 23.4 Å². The molecule has 3 aromatic rings. The highest BCUT2D eigenvalue weighted by Gasteiger charge is 2.27. The molecule has 0 amide bonds. The van der Waals surface area contributed by atoms with E-state index >= 15 is 0 Å². The molecule has 0 aliphatic carbocycles. The first-order chi connectivity index (χ1) is 11.6. The zero-order valence-corrected chi connectivity index (χ0v) is 14.8. The predicted molar refractivity (Wildman–Crippen MR) is 98.8 cm³/mol. The lowest BCUT2D eigenvalue weighted by Gasteiger charge is -2.15. The molecule has 1 N–H and O–H groups in total. The first-order valence-corrected chi connectivity index (χ1v) is 9.48. The second-order valence-corrected chi connectivity index (χ2v) is 8.09. The molecule has 3 nitrogen and oxygen atoms in total. The SMILES string of the molecule is Cc1ccc2nc(C3CNCc4ccccc4S3=O)cc(Cl)c2c1. The molecular weight excluding hydrogens is 340 g/mol.